The van der Waals surface area contributed by atoms with Crippen LogP contribution in [0.2, 0.25) is 0 Å². The van der Waals surface area contributed by atoms with Gasteiger partial charge < -0.3 is 14.6 Å². The van der Waals surface area contributed by atoms with Gasteiger partial charge >= 0.3 is 0 Å². The largest absolute Gasteiger partial charge is 0.385 e. The lowest BCUT2D eigenvalue weighted by Gasteiger charge is -2.18. The topological polar surface area (TPSA) is 39.1 Å². The normalized spacial score (nSPS) is 12.9. The maximum absolute atomic E-state index is 5.06. The van der Waals surface area contributed by atoms with Gasteiger partial charge in [0.1, 0.15) is 0 Å². The summed E-state index contributed by atoms with van der Waals surface area (Å²) >= 11 is 0. The Morgan fingerprint density at radius 2 is 2.05 bits per heavy atom. The SMILES string of the molecule is COCCCNc1nc(C)cn1C(C)CCC(C)C. The van der Waals surface area contributed by atoms with E-state index in [9.17, 15) is 0 Å². The van der Waals surface area contributed by atoms with E-state index in [2.05, 4.69) is 41.8 Å². The monoisotopic (exact) mass is 267 g/mol. The van der Waals surface area contributed by atoms with Gasteiger partial charge in [-0.25, -0.2) is 4.98 Å². The van der Waals surface area contributed by atoms with Crippen molar-refractivity contribution < 1.29 is 4.74 Å². The summed E-state index contributed by atoms with van der Waals surface area (Å²) in [6.45, 7) is 10.6. The summed E-state index contributed by atoms with van der Waals surface area (Å²) in [7, 11) is 1.74. The van der Waals surface area contributed by atoms with Crippen molar-refractivity contribution in [2.24, 2.45) is 5.92 Å². The quantitative estimate of drug-likeness (QED) is 0.694. The molecule has 1 unspecified atom stereocenters. The Bertz CT molecular complexity index is 360. The van der Waals surface area contributed by atoms with E-state index >= 15 is 0 Å². The van der Waals surface area contributed by atoms with Crippen molar-refractivity contribution in [2.75, 3.05) is 25.6 Å². The number of hydrogen-bond acceptors (Lipinski definition) is 3. The highest BCUT2D eigenvalue weighted by molar-refractivity contribution is 5.29. The number of anilines is 1. The maximum Gasteiger partial charge on any atom is 0.203 e. The molecule has 1 aromatic heterocycles. The average molecular weight is 267 g/mol. The van der Waals surface area contributed by atoms with Crippen LogP contribution in [0.4, 0.5) is 5.95 Å². The third-order valence-electron chi connectivity index (χ3n) is 3.30. The molecule has 19 heavy (non-hydrogen) atoms. The highest BCUT2D eigenvalue weighted by Crippen LogP contribution is 2.21. The molecule has 0 saturated carbocycles. The van der Waals surface area contributed by atoms with Crippen LogP contribution in [-0.4, -0.2) is 29.8 Å². The third kappa shape index (κ3) is 5.64. The van der Waals surface area contributed by atoms with E-state index in [-0.39, 0.29) is 0 Å². The third-order valence-corrected chi connectivity index (χ3v) is 3.30. The number of aromatic nitrogens is 2. The van der Waals surface area contributed by atoms with Crippen LogP contribution in [-0.2, 0) is 4.74 Å². The summed E-state index contributed by atoms with van der Waals surface area (Å²) in [5.74, 6) is 1.75. The molecule has 4 heteroatoms. The second-order valence-electron chi connectivity index (χ2n) is 5.71. The molecule has 0 aliphatic rings. The second kappa shape index (κ2) is 8.20. The summed E-state index contributed by atoms with van der Waals surface area (Å²) in [6.07, 6.45) is 5.59. The summed E-state index contributed by atoms with van der Waals surface area (Å²) < 4.78 is 7.33. The van der Waals surface area contributed by atoms with Gasteiger partial charge in [0.05, 0.1) is 5.69 Å². The Kier molecular flexibility index (Phi) is 6.92. The minimum absolute atomic E-state index is 0.494. The van der Waals surface area contributed by atoms with Crippen molar-refractivity contribution in [2.45, 2.75) is 53.0 Å². The minimum atomic E-state index is 0.494. The zero-order valence-electron chi connectivity index (χ0n) is 13.1. The standard InChI is InChI=1S/C15H29N3O/c1-12(2)7-8-14(4)18-11-13(3)17-15(18)16-9-6-10-19-5/h11-12,14H,6-10H2,1-5H3,(H,16,17). The molecule has 1 rings (SSSR count). The van der Waals surface area contributed by atoms with Crippen molar-refractivity contribution in [3.63, 3.8) is 0 Å². The summed E-state index contributed by atoms with van der Waals surface area (Å²) in [6, 6.07) is 0.494. The first kappa shape index (κ1) is 16.0. The van der Waals surface area contributed by atoms with Crippen LogP contribution in [0.5, 0.6) is 0 Å². The molecule has 0 amide bonds. The number of hydrogen-bond donors (Lipinski definition) is 1. The lowest BCUT2D eigenvalue weighted by molar-refractivity contribution is 0.197. The number of ether oxygens (including phenoxy) is 1. The first-order chi connectivity index (χ1) is 9.04. The van der Waals surface area contributed by atoms with Crippen LogP contribution in [0.25, 0.3) is 0 Å². The van der Waals surface area contributed by atoms with Crippen LogP contribution in [0.15, 0.2) is 6.20 Å². The number of nitrogens with zero attached hydrogens (tertiary/aromatic N) is 2. The van der Waals surface area contributed by atoms with Gasteiger partial charge in [0, 0.05) is 32.5 Å². The maximum atomic E-state index is 5.06. The van der Waals surface area contributed by atoms with E-state index in [0.29, 0.717) is 6.04 Å². The number of methoxy groups -OCH3 is 1. The van der Waals surface area contributed by atoms with E-state index in [1.54, 1.807) is 7.11 Å². The van der Waals surface area contributed by atoms with Crippen molar-refractivity contribution in [3.05, 3.63) is 11.9 Å². The molecule has 0 aliphatic carbocycles. The fourth-order valence-corrected chi connectivity index (χ4v) is 2.11. The molecule has 0 radical (unpaired) electrons. The van der Waals surface area contributed by atoms with Crippen LogP contribution in [0, 0.1) is 12.8 Å². The Hall–Kier alpha value is -1.03. The van der Waals surface area contributed by atoms with E-state index in [1.165, 1.54) is 12.8 Å². The summed E-state index contributed by atoms with van der Waals surface area (Å²) in [5, 5.41) is 3.41. The first-order valence-electron chi connectivity index (χ1n) is 7.32. The van der Waals surface area contributed by atoms with Gasteiger partial charge in [0.2, 0.25) is 5.95 Å². The molecule has 4 nitrogen and oxygen atoms in total. The van der Waals surface area contributed by atoms with Crippen molar-refractivity contribution in [1.82, 2.24) is 9.55 Å². The van der Waals surface area contributed by atoms with Crippen molar-refractivity contribution in [1.29, 1.82) is 0 Å². The summed E-state index contributed by atoms with van der Waals surface area (Å²) in [5.41, 5.74) is 1.07. The zero-order chi connectivity index (χ0) is 14.3. The molecular weight excluding hydrogens is 238 g/mol. The lowest BCUT2D eigenvalue weighted by Crippen LogP contribution is -2.13. The Balaban J connectivity index is 2.56. The summed E-state index contributed by atoms with van der Waals surface area (Å²) in [4.78, 5) is 4.57. The molecule has 0 bridgehead atoms. The van der Waals surface area contributed by atoms with Crippen LogP contribution in [0.1, 0.15) is 51.8 Å². The lowest BCUT2D eigenvalue weighted by atomic mass is 10.0. The van der Waals surface area contributed by atoms with Crippen LogP contribution < -0.4 is 5.32 Å². The molecule has 110 valence electrons. The minimum Gasteiger partial charge on any atom is -0.385 e. The molecule has 0 spiro atoms. The van der Waals surface area contributed by atoms with E-state index < -0.39 is 0 Å². The van der Waals surface area contributed by atoms with Crippen molar-refractivity contribution in [3.8, 4) is 0 Å². The first-order valence-corrected chi connectivity index (χ1v) is 7.32. The average Bonchev–Trinajstić information content (AvgIpc) is 2.73. The van der Waals surface area contributed by atoms with Gasteiger partial charge in [0.15, 0.2) is 0 Å². The Morgan fingerprint density at radius 1 is 1.32 bits per heavy atom. The molecule has 0 saturated heterocycles. The van der Waals surface area contributed by atoms with E-state index in [1.807, 2.05) is 6.92 Å². The molecule has 1 heterocycles. The highest BCUT2D eigenvalue weighted by Gasteiger charge is 2.12. The molecule has 1 N–H and O–H groups in total. The Labute approximate surface area is 117 Å². The molecular formula is C15H29N3O. The second-order valence-corrected chi connectivity index (χ2v) is 5.71. The number of nitrogens with one attached hydrogen (secondary N) is 1. The highest BCUT2D eigenvalue weighted by atomic mass is 16.5. The van der Waals surface area contributed by atoms with Gasteiger partial charge in [-0.05, 0) is 39.0 Å². The molecule has 0 fully saturated rings. The molecule has 1 atom stereocenters. The predicted octanol–water partition coefficient (Wildman–Crippen LogP) is 3.64. The molecule has 0 aliphatic heterocycles. The van der Waals surface area contributed by atoms with Crippen molar-refractivity contribution >= 4 is 5.95 Å². The fourth-order valence-electron chi connectivity index (χ4n) is 2.11. The number of aryl methyl sites for hydroxylation is 1. The van der Waals surface area contributed by atoms with Gasteiger partial charge in [-0.2, -0.15) is 0 Å². The number of imidazole rings is 1. The number of rotatable bonds is 9. The predicted molar refractivity (Wildman–Crippen MR) is 80.7 cm³/mol. The molecule has 1 aromatic rings. The fraction of sp³-hybridized carbons (Fsp3) is 0.800. The van der Waals surface area contributed by atoms with Gasteiger partial charge in [-0.1, -0.05) is 13.8 Å². The van der Waals surface area contributed by atoms with Gasteiger partial charge in [0.25, 0.3) is 0 Å². The van der Waals surface area contributed by atoms with Gasteiger partial charge in [-0.3, -0.25) is 0 Å². The zero-order valence-corrected chi connectivity index (χ0v) is 13.1. The smallest absolute Gasteiger partial charge is 0.203 e. The van der Waals surface area contributed by atoms with Crippen LogP contribution in [0.3, 0.4) is 0 Å². The van der Waals surface area contributed by atoms with Crippen LogP contribution >= 0.6 is 0 Å². The van der Waals surface area contributed by atoms with E-state index in [0.717, 1.165) is 37.1 Å². The Morgan fingerprint density at radius 3 is 2.68 bits per heavy atom. The van der Waals surface area contributed by atoms with E-state index in [4.69, 9.17) is 4.74 Å². The van der Waals surface area contributed by atoms with Gasteiger partial charge in [-0.15, -0.1) is 0 Å². The molecule has 0 aromatic carbocycles.